The number of halogens is 2. The molecule has 1 aromatic carbocycles. The molecular weight excluding hydrogens is 388 g/mol. The van der Waals surface area contributed by atoms with E-state index in [1.54, 1.807) is 25.3 Å². The Bertz CT molecular complexity index is 719. The van der Waals surface area contributed by atoms with Crippen molar-refractivity contribution in [1.82, 2.24) is 0 Å². The molecule has 0 aliphatic carbocycles. The first-order valence-electron chi connectivity index (χ1n) is 5.66. The van der Waals surface area contributed by atoms with Crippen molar-refractivity contribution in [3.05, 3.63) is 43.5 Å². The lowest BCUT2D eigenvalue weighted by Gasteiger charge is -2.01. The van der Waals surface area contributed by atoms with Crippen molar-refractivity contribution >= 4 is 44.0 Å². The van der Waals surface area contributed by atoms with E-state index >= 15 is 0 Å². The van der Waals surface area contributed by atoms with Crippen molar-refractivity contribution in [3.63, 3.8) is 0 Å². The number of benzene rings is 1. The topological polar surface area (TPSA) is 69.5 Å². The highest BCUT2D eigenvalue weighted by Crippen LogP contribution is 2.33. The number of nitriles is 1. The summed E-state index contributed by atoms with van der Waals surface area (Å²) >= 11 is 6.50. The molecule has 0 atom stereocenters. The summed E-state index contributed by atoms with van der Waals surface area (Å²) in [6, 6.07) is 5.53. The van der Waals surface area contributed by atoms with Gasteiger partial charge in [0.25, 0.3) is 0 Å². The van der Waals surface area contributed by atoms with Gasteiger partial charge in [0.2, 0.25) is 5.88 Å². The molecule has 6 heteroatoms. The molecule has 0 saturated heterocycles. The minimum absolute atomic E-state index is 0.129. The predicted molar refractivity (Wildman–Crippen MR) is 83.7 cm³/mol. The van der Waals surface area contributed by atoms with E-state index in [2.05, 4.69) is 42.9 Å². The van der Waals surface area contributed by atoms with Crippen LogP contribution in [0.3, 0.4) is 0 Å². The summed E-state index contributed by atoms with van der Waals surface area (Å²) in [5.41, 5.74) is 2.00. The van der Waals surface area contributed by atoms with Gasteiger partial charge in [-0.05, 0) is 63.4 Å². The Balaban J connectivity index is 2.40. The van der Waals surface area contributed by atoms with Crippen LogP contribution in [0.4, 0.5) is 5.88 Å². The summed E-state index contributed by atoms with van der Waals surface area (Å²) in [6.07, 6.45) is 1.58. The molecule has 1 N–H and O–H groups in total. The molecule has 102 valence electrons. The summed E-state index contributed by atoms with van der Waals surface area (Å²) in [6.45, 7) is 3.62. The smallest absolute Gasteiger partial charge is 0.237 e. The zero-order valence-corrected chi connectivity index (χ0v) is 13.9. The Morgan fingerprint density at radius 1 is 1.30 bits per heavy atom. The van der Waals surface area contributed by atoms with Crippen molar-refractivity contribution in [2.24, 2.45) is 4.99 Å². The van der Waals surface area contributed by atoms with E-state index in [0.717, 1.165) is 11.1 Å². The quantitative estimate of drug-likeness (QED) is 0.743. The third kappa shape index (κ3) is 2.79. The van der Waals surface area contributed by atoms with E-state index in [0.29, 0.717) is 26.2 Å². The second kappa shape index (κ2) is 5.81. The molecule has 20 heavy (non-hydrogen) atoms. The third-order valence-corrected chi connectivity index (χ3v) is 4.06. The van der Waals surface area contributed by atoms with Gasteiger partial charge in [0.05, 0.1) is 8.95 Å². The molecule has 2 aromatic rings. The minimum Gasteiger partial charge on any atom is -0.506 e. The maximum atomic E-state index is 9.64. The van der Waals surface area contributed by atoms with Gasteiger partial charge in [-0.25, -0.2) is 4.99 Å². The summed E-state index contributed by atoms with van der Waals surface area (Å²) in [7, 11) is 0. The van der Waals surface area contributed by atoms with E-state index in [-0.39, 0.29) is 5.75 Å². The number of furan rings is 1. The van der Waals surface area contributed by atoms with Crippen LogP contribution in [-0.4, -0.2) is 11.3 Å². The summed E-state index contributed by atoms with van der Waals surface area (Å²) in [4.78, 5) is 4.20. The lowest BCUT2D eigenvalue weighted by atomic mass is 10.2. The molecule has 4 nitrogen and oxygen atoms in total. The number of hydrogen-bond donors (Lipinski definition) is 1. The molecule has 0 unspecified atom stereocenters. The number of aryl methyl sites for hydroxylation is 1. The molecule has 0 amide bonds. The van der Waals surface area contributed by atoms with Crippen LogP contribution in [0.1, 0.15) is 22.5 Å². The van der Waals surface area contributed by atoms with Gasteiger partial charge in [-0.2, -0.15) is 5.26 Å². The van der Waals surface area contributed by atoms with E-state index < -0.39 is 0 Å². The van der Waals surface area contributed by atoms with Crippen LogP contribution in [0, 0.1) is 25.2 Å². The average Bonchev–Trinajstić information content (AvgIpc) is 2.68. The second-order valence-electron chi connectivity index (χ2n) is 4.17. The number of nitrogens with zero attached hydrogens (tertiary/aromatic N) is 2. The van der Waals surface area contributed by atoms with Crippen molar-refractivity contribution in [1.29, 1.82) is 5.26 Å². The summed E-state index contributed by atoms with van der Waals surface area (Å²) in [5, 5.41) is 18.7. The molecule has 0 saturated carbocycles. The molecule has 0 fully saturated rings. The molecule has 0 bridgehead atoms. The van der Waals surface area contributed by atoms with Crippen molar-refractivity contribution in [2.75, 3.05) is 0 Å². The molecular formula is C14H10Br2N2O2. The maximum Gasteiger partial charge on any atom is 0.237 e. The Morgan fingerprint density at radius 2 is 1.90 bits per heavy atom. The lowest BCUT2D eigenvalue weighted by Crippen LogP contribution is -1.83. The van der Waals surface area contributed by atoms with Gasteiger partial charge in [-0.15, -0.1) is 0 Å². The Labute approximate surface area is 133 Å². The van der Waals surface area contributed by atoms with Gasteiger partial charge < -0.3 is 9.52 Å². The molecule has 1 aromatic heterocycles. The van der Waals surface area contributed by atoms with Crippen LogP contribution >= 0.6 is 31.9 Å². The number of phenolic OH excluding ortho intramolecular Hbond substituents is 1. The SMILES string of the molecule is Cc1oc(N=Cc2cc(Br)c(O)c(Br)c2)c(C#N)c1C. The monoisotopic (exact) mass is 396 g/mol. The fourth-order valence-corrected chi connectivity index (χ4v) is 2.85. The van der Waals surface area contributed by atoms with E-state index in [4.69, 9.17) is 9.68 Å². The van der Waals surface area contributed by atoms with Gasteiger partial charge in [0.1, 0.15) is 23.1 Å². The standard InChI is InChI=1S/C14H10Br2N2O2/c1-7-8(2)20-14(10(7)5-17)18-6-9-3-11(15)13(19)12(16)4-9/h3-4,6,19H,1-2H3. The molecule has 0 aliphatic rings. The Morgan fingerprint density at radius 3 is 2.45 bits per heavy atom. The van der Waals surface area contributed by atoms with Crippen molar-refractivity contribution in [3.8, 4) is 11.8 Å². The van der Waals surface area contributed by atoms with Crippen LogP contribution in [0.15, 0.2) is 30.5 Å². The number of phenols is 1. The largest absolute Gasteiger partial charge is 0.506 e. The normalized spacial score (nSPS) is 10.9. The molecule has 0 spiro atoms. The van der Waals surface area contributed by atoms with Gasteiger partial charge in [0.15, 0.2) is 0 Å². The zero-order chi connectivity index (χ0) is 14.9. The third-order valence-electron chi connectivity index (χ3n) is 2.85. The Kier molecular flexibility index (Phi) is 4.31. The molecule has 0 radical (unpaired) electrons. The highest BCUT2D eigenvalue weighted by molar-refractivity contribution is 9.11. The van der Waals surface area contributed by atoms with E-state index in [1.165, 1.54) is 0 Å². The van der Waals surface area contributed by atoms with Crippen LogP contribution < -0.4 is 0 Å². The first kappa shape index (κ1) is 14.8. The van der Waals surface area contributed by atoms with E-state index in [9.17, 15) is 5.11 Å². The minimum atomic E-state index is 0.129. The highest BCUT2D eigenvalue weighted by atomic mass is 79.9. The lowest BCUT2D eigenvalue weighted by molar-refractivity contribution is 0.468. The number of aromatic hydroxyl groups is 1. The fourth-order valence-electron chi connectivity index (χ4n) is 1.62. The van der Waals surface area contributed by atoms with Crippen LogP contribution in [0.25, 0.3) is 0 Å². The molecule has 1 heterocycles. The van der Waals surface area contributed by atoms with Gasteiger partial charge in [0, 0.05) is 11.8 Å². The first-order valence-corrected chi connectivity index (χ1v) is 7.24. The van der Waals surface area contributed by atoms with Crippen molar-refractivity contribution < 1.29 is 9.52 Å². The second-order valence-corrected chi connectivity index (χ2v) is 5.88. The molecule has 2 rings (SSSR count). The van der Waals surface area contributed by atoms with E-state index in [1.807, 2.05) is 6.92 Å². The zero-order valence-electron chi connectivity index (χ0n) is 10.7. The summed E-state index contributed by atoms with van der Waals surface area (Å²) < 4.78 is 6.56. The predicted octanol–water partition coefficient (Wildman–Crippen LogP) is 4.75. The number of aliphatic imine (C=N–C) groups is 1. The molecule has 0 aliphatic heterocycles. The van der Waals surface area contributed by atoms with Crippen LogP contribution in [0.2, 0.25) is 0 Å². The maximum absolute atomic E-state index is 9.64. The van der Waals surface area contributed by atoms with Gasteiger partial charge >= 0.3 is 0 Å². The van der Waals surface area contributed by atoms with Crippen LogP contribution in [-0.2, 0) is 0 Å². The van der Waals surface area contributed by atoms with Crippen molar-refractivity contribution in [2.45, 2.75) is 13.8 Å². The average molecular weight is 398 g/mol. The highest BCUT2D eigenvalue weighted by Gasteiger charge is 2.13. The van der Waals surface area contributed by atoms with Gasteiger partial charge in [-0.1, -0.05) is 0 Å². The Hall–Kier alpha value is -1.58. The summed E-state index contributed by atoms with van der Waals surface area (Å²) in [5.74, 6) is 1.11. The van der Waals surface area contributed by atoms with Gasteiger partial charge in [-0.3, -0.25) is 0 Å². The van der Waals surface area contributed by atoms with Crippen LogP contribution in [0.5, 0.6) is 5.75 Å². The number of hydrogen-bond acceptors (Lipinski definition) is 4. The number of rotatable bonds is 2. The first-order chi connectivity index (χ1) is 9.43. The fraction of sp³-hybridized carbons (Fsp3) is 0.143.